The average molecular weight is 534 g/mol. The summed E-state index contributed by atoms with van der Waals surface area (Å²) in [4.78, 5) is 83.0. The highest BCUT2D eigenvalue weighted by Crippen LogP contribution is 2.42. The van der Waals surface area contributed by atoms with Crippen molar-refractivity contribution in [1.29, 1.82) is 0 Å². The SMILES string of the molecule is CC(=O)OC[C@@H](OC(C)=O)[C@H]1O[C@](OC(C)=O)([C@@H](COC(C)=O)OC(C)=O)[C@@H](OC(C)=O)[C@@H]1OC(C)=O. The molecule has 1 saturated heterocycles. The zero-order valence-corrected chi connectivity index (χ0v) is 21.4. The molecule has 0 spiro atoms. The maximum Gasteiger partial charge on any atom is 0.305 e. The Labute approximate surface area is 211 Å². The van der Waals surface area contributed by atoms with E-state index >= 15 is 0 Å². The van der Waals surface area contributed by atoms with Crippen molar-refractivity contribution in [2.24, 2.45) is 0 Å². The molecule has 1 aliphatic rings. The number of hydrogen-bond donors (Lipinski definition) is 0. The Morgan fingerprint density at radius 3 is 1.59 bits per heavy atom. The van der Waals surface area contributed by atoms with Gasteiger partial charge in [-0.2, -0.15) is 0 Å². The first-order valence-corrected chi connectivity index (χ1v) is 10.9. The van der Waals surface area contributed by atoms with Crippen molar-refractivity contribution in [3.63, 3.8) is 0 Å². The molecule has 6 atom stereocenters. The van der Waals surface area contributed by atoms with Crippen LogP contribution in [0.2, 0.25) is 0 Å². The molecular weight excluding hydrogens is 504 g/mol. The molecule has 1 rings (SSSR count). The van der Waals surface area contributed by atoms with E-state index in [1.165, 1.54) is 0 Å². The average Bonchev–Trinajstić information content (AvgIpc) is 3.00. The Kier molecular flexibility index (Phi) is 11.4. The molecular formula is C22H30O15. The van der Waals surface area contributed by atoms with Crippen molar-refractivity contribution < 1.29 is 71.5 Å². The van der Waals surface area contributed by atoms with E-state index in [1.807, 2.05) is 0 Å². The predicted molar refractivity (Wildman–Crippen MR) is 115 cm³/mol. The molecule has 208 valence electrons. The quantitative estimate of drug-likeness (QED) is 0.243. The molecule has 1 heterocycles. The first-order chi connectivity index (χ1) is 17.1. The van der Waals surface area contributed by atoms with E-state index in [-0.39, 0.29) is 0 Å². The van der Waals surface area contributed by atoms with Crippen LogP contribution in [0.15, 0.2) is 0 Å². The standard InChI is InChI=1S/C22H30O15/c1-10(23)30-8-17(32-12(3)25)19-20(34-14(5)27)21(35-15(6)28)22(37-19,36-16(7)29)18(33-13(4)26)9-31-11(2)24/h17-21H,8-9H2,1-7H3/t17-,18-,19-,20-,21+,22-/m1/s1. The fourth-order valence-electron chi connectivity index (χ4n) is 3.55. The van der Waals surface area contributed by atoms with Crippen LogP contribution in [0.25, 0.3) is 0 Å². The van der Waals surface area contributed by atoms with Gasteiger partial charge >= 0.3 is 41.8 Å². The van der Waals surface area contributed by atoms with Gasteiger partial charge in [0.05, 0.1) is 0 Å². The second-order valence-electron chi connectivity index (χ2n) is 7.85. The minimum Gasteiger partial charge on any atom is -0.462 e. The fourth-order valence-corrected chi connectivity index (χ4v) is 3.55. The summed E-state index contributed by atoms with van der Waals surface area (Å²) in [6, 6.07) is 0. The molecule has 0 aliphatic carbocycles. The molecule has 1 aliphatic heterocycles. The summed E-state index contributed by atoms with van der Waals surface area (Å²) >= 11 is 0. The minimum atomic E-state index is -2.59. The van der Waals surface area contributed by atoms with Crippen LogP contribution in [0, 0.1) is 0 Å². The summed E-state index contributed by atoms with van der Waals surface area (Å²) in [6.07, 6.45) is -8.43. The fraction of sp³-hybridized carbons (Fsp3) is 0.682. The smallest absolute Gasteiger partial charge is 0.305 e. The topological polar surface area (TPSA) is 193 Å². The van der Waals surface area contributed by atoms with E-state index in [0.717, 1.165) is 48.5 Å². The van der Waals surface area contributed by atoms with Gasteiger partial charge in [0.2, 0.25) is 12.2 Å². The van der Waals surface area contributed by atoms with E-state index in [2.05, 4.69) is 0 Å². The van der Waals surface area contributed by atoms with Crippen LogP contribution < -0.4 is 0 Å². The summed E-state index contributed by atoms with van der Waals surface area (Å²) in [5.41, 5.74) is 0. The Balaban J connectivity index is 3.84. The molecule has 15 nitrogen and oxygen atoms in total. The molecule has 0 radical (unpaired) electrons. The van der Waals surface area contributed by atoms with Crippen molar-refractivity contribution in [3.8, 4) is 0 Å². The van der Waals surface area contributed by atoms with Crippen LogP contribution in [0.1, 0.15) is 48.5 Å². The van der Waals surface area contributed by atoms with Gasteiger partial charge in [-0.15, -0.1) is 0 Å². The number of carbonyl (C=O) groups excluding carboxylic acids is 7. The largest absolute Gasteiger partial charge is 0.462 e. The van der Waals surface area contributed by atoms with Crippen LogP contribution in [0.4, 0.5) is 0 Å². The van der Waals surface area contributed by atoms with Crippen LogP contribution in [-0.2, 0) is 71.5 Å². The summed E-state index contributed by atoms with van der Waals surface area (Å²) in [5.74, 6) is -8.92. The molecule has 0 aromatic heterocycles. The first-order valence-electron chi connectivity index (χ1n) is 10.9. The summed E-state index contributed by atoms with van der Waals surface area (Å²) in [7, 11) is 0. The second-order valence-corrected chi connectivity index (χ2v) is 7.85. The normalized spacial score (nSPS) is 24.0. The molecule has 15 heteroatoms. The molecule has 0 saturated carbocycles. The lowest BCUT2D eigenvalue weighted by atomic mass is 9.97. The Morgan fingerprint density at radius 2 is 1.16 bits per heavy atom. The van der Waals surface area contributed by atoms with Crippen molar-refractivity contribution in [3.05, 3.63) is 0 Å². The summed E-state index contributed by atoms with van der Waals surface area (Å²) < 4.78 is 42.3. The Hall–Kier alpha value is -3.75. The van der Waals surface area contributed by atoms with Gasteiger partial charge in [0.15, 0.2) is 12.2 Å². The van der Waals surface area contributed by atoms with Crippen molar-refractivity contribution >= 4 is 41.8 Å². The summed E-state index contributed by atoms with van der Waals surface area (Å²) in [6.45, 7) is 5.68. The van der Waals surface area contributed by atoms with Gasteiger partial charge in [-0.25, -0.2) is 0 Å². The number of carbonyl (C=O) groups is 7. The zero-order valence-electron chi connectivity index (χ0n) is 21.4. The molecule has 0 unspecified atom stereocenters. The third kappa shape index (κ3) is 9.33. The lowest BCUT2D eigenvalue weighted by Crippen LogP contribution is -2.59. The van der Waals surface area contributed by atoms with Crippen molar-refractivity contribution in [1.82, 2.24) is 0 Å². The highest BCUT2D eigenvalue weighted by Gasteiger charge is 2.69. The molecule has 0 amide bonds. The molecule has 37 heavy (non-hydrogen) atoms. The van der Waals surface area contributed by atoms with Gasteiger partial charge in [-0.3, -0.25) is 33.6 Å². The van der Waals surface area contributed by atoms with E-state index in [9.17, 15) is 33.6 Å². The van der Waals surface area contributed by atoms with E-state index in [4.69, 9.17) is 37.9 Å². The van der Waals surface area contributed by atoms with E-state index in [1.54, 1.807) is 0 Å². The third-order valence-electron chi connectivity index (χ3n) is 4.57. The van der Waals surface area contributed by atoms with Gasteiger partial charge in [0, 0.05) is 48.5 Å². The van der Waals surface area contributed by atoms with E-state index in [0.29, 0.717) is 0 Å². The molecule has 0 aromatic rings. The highest BCUT2D eigenvalue weighted by atomic mass is 16.8. The maximum absolute atomic E-state index is 12.2. The maximum atomic E-state index is 12.2. The predicted octanol–water partition coefficient (Wildman–Crippen LogP) is -0.502. The molecule has 1 fully saturated rings. The molecule has 0 bridgehead atoms. The third-order valence-corrected chi connectivity index (χ3v) is 4.57. The highest BCUT2D eigenvalue weighted by molar-refractivity contribution is 5.70. The van der Waals surface area contributed by atoms with Crippen molar-refractivity contribution in [2.75, 3.05) is 13.2 Å². The van der Waals surface area contributed by atoms with Gasteiger partial charge in [0.25, 0.3) is 5.79 Å². The van der Waals surface area contributed by atoms with Crippen LogP contribution >= 0.6 is 0 Å². The van der Waals surface area contributed by atoms with E-state index < -0.39 is 91.3 Å². The minimum absolute atomic E-state index is 0.623. The Morgan fingerprint density at radius 1 is 0.649 bits per heavy atom. The number of esters is 7. The first kappa shape index (κ1) is 31.3. The number of ether oxygens (including phenoxy) is 8. The lowest BCUT2D eigenvalue weighted by Gasteiger charge is -2.38. The van der Waals surface area contributed by atoms with Crippen LogP contribution in [0.5, 0.6) is 0 Å². The van der Waals surface area contributed by atoms with Gasteiger partial charge in [-0.05, 0) is 0 Å². The number of rotatable bonds is 11. The Bertz CT molecular complexity index is 912. The summed E-state index contributed by atoms with van der Waals surface area (Å²) in [5, 5.41) is 0. The molecule has 0 N–H and O–H groups in total. The monoisotopic (exact) mass is 534 g/mol. The number of hydrogen-bond acceptors (Lipinski definition) is 15. The lowest BCUT2D eigenvalue weighted by molar-refractivity contribution is -0.301. The van der Waals surface area contributed by atoms with Crippen molar-refractivity contribution in [2.45, 2.75) is 84.8 Å². The second kappa shape index (κ2) is 13.5. The van der Waals surface area contributed by atoms with Gasteiger partial charge < -0.3 is 37.9 Å². The molecule has 0 aromatic carbocycles. The van der Waals surface area contributed by atoms with Crippen LogP contribution in [0.3, 0.4) is 0 Å². The zero-order chi connectivity index (χ0) is 28.5. The van der Waals surface area contributed by atoms with Gasteiger partial charge in [-0.1, -0.05) is 0 Å². The van der Waals surface area contributed by atoms with Gasteiger partial charge in [0.1, 0.15) is 19.3 Å². The van der Waals surface area contributed by atoms with Crippen LogP contribution in [-0.4, -0.2) is 91.3 Å².